The molecular formula is C28H30N4O4. The van der Waals surface area contributed by atoms with E-state index >= 15 is 0 Å². The normalized spacial score (nSPS) is 18.4. The van der Waals surface area contributed by atoms with Crippen molar-refractivity contribution in [1.29, 1.82) is 5.26 Å². The molecule has 1 saturated heterocycles. The quantitative estimate of drug-likeness (QED) is 0.633. The van der Waals surface area contributed by atoms with Crippen molar-refractivity contribution in [3.63, 3.8) is 0 Å². The average molecular weight is 487 g/mol. The van der Waals surface area contributed by atoms with Crippen molar-refractivity contribution >= 4 is 23.3 Å². The standard InChI is InChI=1S/C28H30N4O4/c1-35-27(33)24-23(19-10-6-5-7-11-19)22(18-29)26(30)32(25(24)28(34)36-2)21-14-12-20(13-15-21)31-16-8-3-4-9-17-31/h5-7,10-15,23H,3-4,8-9,16-17,30H2,1-2H3. The fourth-order valence-electron chi connectivity index (χ4n) is 4.92. The molecule has 2 aliphatic rings. The first-order valence-corrected chi connectivity index (χ1v) is 12.0. The molecule has 1 unspecified atom stereocenters. The fraction of sp³-hybridized carbons (Fsp3) is 0.321. The summed E-state index contributed by atoms with van der Waals surface area (Å²) in [6, 6.07) is 18.7. The third-order valence-electron chi connectivity index (χ3n) is 6.69. The van der Waals surface area contributed by atoms with Crippen molar-refractivity contribution in [2.75, 3.05) is 37.1 Å². The molecule has 0 amide bonds. The molecule has 36 heavy (non-hydrogen) atoms. The van der Waals surface area contributed by atoms with Crippen LogP contribution in [0.5, 0.6) is 0 Å². The Balaban J connectivity index is 1.88. The molecule has 2 heterocycles. The molecule has 8 nitrogen and oxygen atoms in total. The zero-order chi connectivity index (χ0) is 25.7. The molecule has 2 aliphatic heterocycles. The highest BCUT2D eigenvalue weighted by molar-refractivity contribution is 6.06. The summed E-state index contributed by atoms with van der Waals surface area (Å²) in [7, 11) is 2.47. The highest BCUT2D eigenvalue weighted by Gasteiger charge is 2.42. The predicted octanol–water partition coefficient (Wildman–Crippen LogP) is 3.96. The number of rotatable bonds is 5. The highest BCUT2D eigenvalue weighted by Crippen LogP contribution is 2.43. The molecule has 186 valence electrons. The number of hydrogen-bond donors (Lipinski definition) is 1. The van der Waals surface area contributed by atoms with E-state index in [0.717, 1.165) is 31.6 Å². The van der Waals surface area contributed by atoms with E-state index in [1.807, 2.05) is 30.3 Å². The molecule has 0 bridgehead atoms. The van der Waals surface area contributed by atoms with Gasteiger partial charge < -0.3 is 20.1 Å². The van der Waals surface area contributed by atoms with Gasteiger partial charge in [-0.1, -0.05) is 43.2 Å². The summed E-state index contributed by atoms with van der Waals surface area (Å²) >= 11 is 0. The van der Waals surface area contributed by atoms with Gasteiger partial charge in [-0.25, -0.2) is 9.59 Å². The maximum atomic E-state index is 13.2. The van der Waals surface area contributed by atoms with E-state index < -0.39 is 17.9 Å². The molecule has 0 aliphatic carbocycles. The van der Waals surface area contributed by atoms with Crippen molar-refractivity contribution in [3.8, 4) is 6.07 Å². The number of ether oxygens (including phenoxy) is 2. The first-order valence-electron chi connectivity index (χ1n) is 12.0. The van der Waals surface area contributed by atoms with Gasteiger partial charge in [0.25, 0.3) is 0 Å². The molecule has 2 N–H and O–H groups in total. The second-order valence-electron chi connectivity index (χ2n) is 8.75. The lowest BCUT2D eigenvalue weighted by molar-refractivity contribution is -0.139. The zero-order valence-electron chi connectivity index (χ0n) is 20.6. The lowest BCUT2D eigenvalue weighted by atomic mass is 9.81. The van der Waals surface area contributed by atoms with E-state index in [9.17, 15) is 14.9 Å². The lowest BCUT2D eigenvalue weighted by Gasteiger charge is -2.36. The van der Waals surface area contributed by atoms with Gasteiger partial charge in [0.1, 0.15) is 11.5 Å². The molecular weight excluding hydrogens is 456 g/mol. The van der Waals surface area contributed by atoms with E-state index in [0.29, 0.717) is 11.3 Å². The monoisotopic (exact) mass is 486 g/mol. The van der Waals surface area contributed by atoms with E-state index in [-0.39, 0.29) is 22.7 Å². The van der Waals surface area contributed by atoms with Crippen molar-refractivity contribution in [2.24, 2.45) is 5.73 Å². The van der Waals surface area contributed by atoms with Crippen LogP contribution < -0.4 is 15.5 Å². The van der Waals surface area contributed by atoms with Gasteiger partial charge >= 0.3 is 11.9 Å². The minimum absolute atomic E-state index is 0.00195. The number of esters is 2. The number of benzene rings is 2. The Morgan fingerprint density at radius 2 is 1.47 bits per heavy atom. The highest BCUT2D eigenvalue weighted by atomic mass is 16.5. The molecule has 4 rings (SSSR count). The van der Waals surface area contributed by atoms with Crippen molar-refractivity contribution in [1.82, 2.24) is 0 Å². The van der Waals surface area contributed by atoms with Crippen LogP contribution in [-0.4, -0.2) is 39.2 Å². The molecule has 8 heteroatoms. The fourth-order valence-corrected chi connectivity index (χ4v) is 4.92. The first-order chi connectivity index (χ1) is 17.5. The Kier molecular flexibility index (Phi) is 7.59. The Hall–Kier alpha value is -4.25. The van der Waals surface area contributed by atoms with Crippen molar-refractivity contribution < 1.29 is 19.1 Å². The molecule has 0 aromatic heterocycles. The second kappa shape index (κ2) is 11.0. The van der Waals surface area contributed by atoms with Crippen LogP contribution in [0.25, 0.3) is 0 Å². The van der Waals surface area contributed by atoms with Crippen LogP contribution in [0.3, 0.4) is 0 Å². The maximum absolute atomic E-state index is 13.2. The van der Waals surface area contributed by atoms with Crippen molar-refractivity contribution in [3.05, 3.63) is 82.8 Å². The molecule has 0 saturated carbocycles. The number of nitrogens with two attached hydrogens (primary N) is 1. The van der Waals surface area contributed by atoms with Gasteiger partial charge in [-0.3, -0.25) is 4.90 Å². The van der Waals surface area contributed by atoms with Gasteiger partial charge in [-0.05, 0) is 42.7 Å². The second-order valence-corrected chi connectivity index (χ2v) is 8.75. The summed E-state index contributed by atoms with van der Waals surface area (Å²) in [4.78, 5) is 30.0. The van der Waals surface area contributed by atoms with Gasteiger partial charge in [0.15, 0.2) is 0 Å². The number of allylic oxidation sites excluding steroid dienone is 1. The Bertz CT molecular complexity index is 1220. The van der Waals surface area contributed by atoms with Gasteiger partial charge in [-0.2, -0.15) is 5.26 Å². The number of carbonyl (C=O) groups is 2. The average Bonchev–Trinajstić information content (AvgIpc) is 3.22. The Morgan fingerprint density at radius 3 is 2.03 bits per heavy atom. The Morgan fingerprint density at radius 1 is 0.889 bits per heavy atom. The maximum Gasteiger partial charge on any atom is 0.355 e. The van der Waals surface area contributed by atoms with Crippen LogP contribution >= 0.6 is 0 Å². The minimum Gasteiger partial charge on any atom is -0.466 e. The van der Waals surface area contributed by atoms with Gasteiger partial charge in [0.2, 0.25) is 0 Å². The van der Waals surface area contributed by atoms with Crippen LogP contribution in [0.15, 0.2) is 77.3 Å². The van der Waals surface area contributed by atoms with Gasteiger partial charge in [-0.15, -0.1) is 0 Å². The van der Waals surface area contributed by atoms with Crippen LogP contribution in [0, 0.1) is 11.3 Å². The SMILES string of the molecule is COC(=O)C1=C(C(=O)OC)N(c2ccc(N3CCCCCC3)cc2)C(N)=C(C#N)C1c1ccccc1. The van der Waals surface area contributed by atoms with Crippen LogP contribution in [0.4, 0.5) is 11.4 Å². The molecule has 1 atom stereocenters. The first kappa shape index (κ1) is 24.9. The molecule has 1 fully saturated rings. The summed E-state index contributed by atoms with van der Waals surface area (Å²) in [5.74, 6) is -2.32. The van der Waals surface area contributed by atoms with Crippen LogP contribution in [-0.2, 0) is 19.1 Å². The summed E-state index contributed by atoms with van der Waals surface area (Å²) in [5, 5.41) is 10.1. The minimum atomic E-state index is -0.884. The van der Waals surface area contributed by atoms with E-state index in [1.54, 1.807) is 24.3 Å². The molecule has 0 radical (unpaired) electrons. The third-order valence-corrected chi connectivity index (χ3v) is 6.69. The number of nitriles is 1. The lowest BCUT2D eigenvalue weighted by Crippen LogP contribution is -2.40. The Labute approximate surface area is 211 Å². The topological polar surface area (TPSA) is 109 Å². The zero-order valence-corrected chi connectivity index (χ0v) is 20.6. The third kappa shape index (κ3) is 4.65. The predicted molar refractivity (Wildman–Crippen MR) is 137 cm³/mol. The van der Waals surface area contributed by atoms with E-state index in [1.165, 1.54) is 32.0 Å². The van der Waals surface area contributed by atoms with Crippen molar-refractivity contribution in [2.45, 2.75) is 31.6 Å². The largest absolute Gasteiger partial charge is 0.466 e. The van der Waals surface area contributed by atoms with E-state index in [4.69, 9.17) is 15.2 Å². The number of nitrogens with zero attached hydrogens (tertiary/aromatic N) is 3. The number of hydrogen-bond acceptors (Lipinski definition) is 8. The number of methoxy groups -OCH3 is 2. The molecule has 0 spiro atoms. The molecule has 2 aromatic carbocycles. The van der Waals surface area contributed by atoms with Crippen LogP contribution in [0.1, 0.15) is 37.2 Å². The summed E-state index contributed by atoms with van der Waals surface area (Å²) in [6.07, 6.45) is 4.75. The van der Waals surface area contributed by atoms with E-state index in [2.05, 4.69) is 11.0 Å². The van der Waals surface area contributed by atoms with Crippen LogP contribution in [0.2, 0.25) is 0 Å². The summed E-state index contributed by atoms with van der Waals surface area (Å²) in [6.45, 7) is 1.98. The number of anilines is 2. The molecule has 2 aromatic rings. The van der Waals surface area contributed by atoms with Gasteiger partial charge in [0, 0.05) is 24.5 Å². The smallest absolute Gasteiger partial charge is 0.355 e. The number of carbonyl (C=O) groups excluding carboxylic acids is 2. The van der Waals surface area contributed by atoms with Gasteiger partial charge in [0.05, 0.1) is 37.4 Å². The summed E-state index contributed by atoms with van der Waals surface area (Å²) < 4.78 is 10.2. The summed E-state index contributed by atoms with van der Waals surface area (Å²) in [5.41, 5.74) is 8.87.